The molecule has 1 aromatic rings. The minimum absolute atomic E-state index is 0.299. The van der Waals surface area contributed by atoms with Crippen molar-refractivity contribution in [2.45, 2.75) is 25.7 Å². The molecule has 2 heterocycles. The van der Waals surface area contributed by atoms with Crippen LogP contribution in [0.4, 0.5) is 0 Å². The van der Waals surface area contributed by atoms with Gasteiger partial charge >= 0.3 is 5.97 Å². The number of hydrogen-bond acceptors (Lipinski definition) is 4. The van der Waals surface area contributed by atoms with Gasteiger partial charge in [-0.15, -0.1) is 11.3 Å². The van der Waals surface area contributed by atoms with Gasteiger partial charge in [-0.2, -0.15) is 0 Å². The van der Waals surface area contributed by atoms with E-state index in [2.05, 4.69) is 4.98 Å². The molecule has 0 radical (unpaired) electrons. The zero-order valence-corrected chi connectivity index (χ0v) is 9.34. The van der Waals surface area contributed by atoms with Crippen LogP contribution in [0.25, 0.3) is 0 Å². The number of carboxylic acids is 1. The topological polar surface area (TPSA) is 59.4 Å². The summed E-state index contributed by atoms with van der Waals surface area (Å²) in [6, 6.07) is 0. The fraction of sp³-hybridized carbons (Fsp3) is 0.600. The van der Waals surface area contributed by atoms with E-state index < -0.39 is 5.97 Å². The van der Waals surface area contributed by atoms with Crippen molar-refractivity contribution in [2.75, 3.05) is 13.2 Å². The van der Waals surface area contributed by atoms with E-state index in [1.807, 2.05) is 6.92 Å². The van der Waals surface area contributed by atoms with Crippen LogP contribution in [0.5, 0.6) is 0 Å². The lowest BCUT2D eigenvalue weighted by atomic mass is 10.1. The van der Waals surface area contributed by atoms with E-state index in [-0.39, 0.29) is 0 Å². The zero-order valence-electron chi connectivity index (χ0n) is 8.52. The molecule has 0 amide bonds. The number of aromatic carboxylic acids is 1. The lowest BCUT2D eigenvalue weighted by Crippen LogP contribution is -1.98. The Morgan fingerprint density at radius 2 is 2.53 bits per heavy atom. The molecule has 1 unspecified atom stereocenters. The van der Waals surface area contributed by atoms with Gasteiger partial charge in [-0.25, -0.2) is 9.78 Å². The van der Waals surface area contributed by atoms with Crippen molar-refractivity contribution in [2.24, 2.45) is 0 Å². The Bertz CT molecular complexity index is 369. The number of aromatic nitrogens is 1. The van der Waals surface area contributed by atoms with Crippen LogP contribution in [0.2, 0.25) is 0 Å². The molecule has 1 atom stereocenters. The second-order valence-electron chi connectivity index (χ2n) is 3.55. The fourth-order valence-corrected chi connectivity index (χ4v) is 2.79. The molecule has 5 heteroatoms. The first kappa shape index (κ1) is 10.6. The molecular weight excluding hydrogens is 214 g/mol. The van der Waals surface area contributed by atoms with Crippen LogP contribution >= 0.6 is 11.3 Å². The molecule has 1 aromatic heterocycles. The van der Waals surface area contributed by atoms with Gasteiger partial charge in [0.05, 0.1) is 17.3 Å². The molecule has 15 heavy (non-hydrogen) atoms. The standard InChI is InChI=1S/C10H13NO3S/c1-2-7-8(10(12)13)15-9(11-7)6-3-4-14-5-6/h6H,2-5H2,1H3,(H,12,13). The van der Waals surface area contributed by atoms with E-state index in [1.165, 1.54) is 11.3 Å². The number of rotatable bonds is 3. The lowest BCUT2D eigenvalue weighted by molar-refractivity contribution is 0.0701. The second kappa shape index (κ2) is 4.28. The van der Waals surface area contributed by atoms with Gasteiger partial charge in [-0.1, -0.05) is 6.92 Å². The average Bonchev–Trinajstić information content (AvgIpc) is 2.86. The maximum Gasteiger partial charge on any atom is 0.347 e. The molecule has 1 N–H and O–H groups in total. The van der Waals surface area contributed by atoms with E-state index in [9.17, 15) is 4.79 Å². The Morgan fingerprint density at radius 3 is 3.00 bits per heavy atom. The maximum atomic E-state index is 10.9. The Hall–Kier alpha value is -0.940. The van der Waals surface area contributed by atoms with E-state index in [0.29, 0.717) is 29.5 Å². The van der Waals surface area contributed by atoms with Crippen molar-refractivity contribution in [1.82, 2.24) is 4.98 Å². The van der Waals surface area contributed by atoms with Gasteiger partial charge in [0.25, 0.3) is 0 Å². The SMILES string of the molecule is CCc1nc(C2CCOC2)sc1C(=O)O. The van der Waals surface area contributed by atoms with Gasteiger partial charge in [0.15, 0.2) is 0 Å². The molecule has 0 bridgehead atoms. The van der Waals surface area contributed by atoms with E-state index in [1.54, 1.807) is 0 Å². The summed E-state index contributed by atoms with van der Waals surface area (Å²) in [7, 11) is 0. The molecule has 82 valence electrons. The van der Waals surface area contributed by atoms with Crippen molar-refractivity contribution in [3.63, 3.8) is 0 Å². The molecular formula is C10H13NO3S. The summed E-state index contributed by atoms with van der Waals surface area (Å²) >= 11 is 1.30. The fourth-order valence-electron chi connectivity index (χ4n) is 1.68. The van der Waals surface area contributed by atoms with Crippen LogP contribution < -0.4 is 0 Å². The van der Waals surface area contributed by atoms with Gasteiger partial charge in [0.2, 0.25) is 0 Å². The van der Waals surface area contributed by atoms with Crippen molar-refractivity contribution >= 4 is 17.3 Å². The van der Waals surface area contributed by atoms with Crippen LogP contribution in [-0.4, -0.2) is 29.3 Å². The molecule has 0 saturated carbocycles. The summed E-state index contributed by atoms with van der Waals surface area (Å²) in [5.74, 6) is -0.567. The van der Waals surface area contributed by atoms with E-state index in [4.69, 9.17) is 9.84 Å². The van der Waals surface area contributed by atoms with Gasteiger partial charge in [0.1, 0.15) is 4.88 Å². The van der Waals surface area contributed by atoms with Gasteiger partial charge in [-0.3, -0.25) is 0 Å². The Morgan fingerprint density at radius 1 is 1.73 bits per heavy atom. The van der Waals surface area contributed by atoms with E-state index >= 15 is 0 Å². The molecule has 1 aliphatic heterocycles. The normalized spacial score (nSPS) is 20.7. The Labute approximate surface area is 91.9 Å². The predicted molar refractivity (Wildman–Crippen MR) is 56.6 cm³/mol. The van der Waals surface area contributed by atoms with Crippen LogP contribution in [0.3, 0.4) is 0 Å². The molecule has 1 fully saturated rings. The predicted octanol–water partition coefficient (Wildman–Crippen LogP) is 1.91. The third-order valence-corrected chi connectivity index (χ3v) is 3.77. The molecule has 1 saturated heterocycles. The van der Waals surface area contributed by atoms with Crippen LogP contribution in [0.1, 0.15) is 39.6 Å². The minimum Gasteiger partial charge on any atom is -0.477 e. The van der Waals surface area contributed by atoms with Gasteiger partial charge in [0, 0.05) is 12.5 Å². The summed E-state index contributed by atoms with van der Waals surface area (Å²) in [5.41, 5.74) is 0.703. The number of aryl methyl sites for hydroxylation is 1. The zero-order chi connectivity index (χ0) is 10.8. The highest BCUT2D eigenvalue weighted by Crippen LogP contribution is 2.30. The highest BCUT2D eigenvalue weighted by atomic mass is 32.1. The molecule has 1 aliphatic rings. The Kier molecular flexibility index (Phi) is 3.02. The summed E-state index contributed by atoms with van der Waals surface area (Å²) in [4.78, 5) is 15.7. The maximum absolute atomic E-state index is 10.9. The molecule has 0 aliphatic carbocycles. The largest absolute Gasteiger partial charge is 0.477 e. The molecule has 4 nitrogen and oxygen atoms in total. The summed E-state index contributed by atoms with van der Waals surface area (Å²) in [6.07, 6.45) is 1.63. The molecule has 0 aromatic carbocycles. The van der Waals surface area contributed by atoms with Crippen molar-refractivity contribution in [3.05, 3.63) is 15.6 Å². The number of ether oxygens (including phenoxy) is 1. The molecule has 2 rings (SSSR count). The van der Waals surface area contributed by atoms with Crippen molar-refractivity contribution in [1.29, 1.82) is 0 Å². The first-order valence-corrected chi connectivity index (χ1v) is 5.84. The highest BCUT2D eigenvalue weighted by molar-refractivity contribution is 7.13. The first-order chi connectivity index (χ1) is 7.22. The Balaban J connectivity index is 2.29. The first-order valence-electron chi connectivity index (χ1n) is 5.03. The second-order valence-corrected chi connectivity index (χ2v) is 4.58. The number of carbonyl (C=O) groups is 1. The summed E-state index contributed by atoms with van der Waals surface area (Å²) in [6.45, 7) is 3.36. The smallest absolute Gasteiger partial charge is 0.347 e. The number of carboxylic acid groups (broad SMARTS) is 1. The van der Waals surface area contributed by atoms with Crippen molar-refractivity contribution < 1.29 is 14.6 Å². The van der Waals surface area contributed by atoms with Gasteiger partial charge in [-0.05, 0) is 12.8 Å². The van der Waals surface area contributed by atoms with Crippen LogP contribution in [0, 0.1) is 0 Å². The van der Waals surface area contributed by atoms with Gasteiger partial charge < -0.3 is 9.84 Å². The average molecular weight is 227 g/mol. The van der Waals surface area contributed by atoms with Crippen molar-refractivity contribution in [3.8, 4) is 0 Å². The van der Waals surface area contributed by atoms with E-state index in [0.717, 1.165) is 18.0 Å². The summed E-state index contributed by atoms with van der Waals surface area (Å²) in [5, 5.41) is 9.91. The number of nitrogens with zero attached hydrogens (tertiary/aromatic N) is 1. The quantitative estimate of drug-likeness (QED) is 0.856. The third kappa shape index (κ3) is 2.03. The summed E-state index contributed by atoms with van der Waals surface area (Å²) < 4.78 is 5.27. The third-order valence-electron chi connectivity index (χ3n) is 2.52. The van der Waals surface area contributed by atoms with Crippen LogP contribution in [-0.2, 0) is 11.2 Å². The number of thiazole rings is 1. The minimum atomic E-state index is -0.866. The lowest BCUT2D eigenvalue weighted by Gasteiger charge is -2.00. The highest BCUT2D eigenvalue weighted by Gasteiger charge is 2.24. The van der Waals surface area contributed by atoms with Crippen LogP contribution in [0.15, 0.2) is 0 Å². The monoisotopic (exact) mass is 227 g/mol. The molecule has 0 spiro atoms. The number of hydrogen-bond donors (Lipinski definition) is 1.